The van der Waals surface area contributed by atoms with Gasteiger partial charge in [-0.25, -0.2) is 0 Å². The summed E-state index contributed by atoms with van der Waals surface area (Å²) in [6.45, 7) is 8.87. The second kappa shape index (κ2) is 6.21. The van der Waals surface area contributed by atoms with Crippen LogP contribution >= 0.6 is 0 Å². The first-order chi connectivity index (χ1) is 8.35. The van der Waals surface area contributed by atoms with E-state index in [9.17, 15) is 5.11 Å². The maximum atomic E-state index is 9.79. The monoisotopic (exact) mass is 251 g/mol. The number of benzene rings is 1. The summed E-state index contributed by atoms with van der Waals surface area (Å²) < 4.78 is 5.81. The normalized spacial score (nSPS) is 14.3. The van der Waals surface area contributed by atoms with Crippen LogP contribution in [-0.2, 0) is 0 Å². The molecule has 0 heterocycles. The fourth-order valence-corrected chi connectivity index (χ4v) is 2.12. The Labute approximate surface area is 110 Å². The molecule has 0 radical (unpaired) electrons. The van der Waals surface area contributed by atoms with Gasteiger partial charge in [-0.3, -0.25) is 0 Å². The van der Waals surface area contributed by atoms with Crippen molar-refractivity contribution in [3.63, 3.8) is 0 Å². The predicted molar refractivity (Wildman–Crippen MR) is 75.1 cm³/mol. The van der Waals surface area contributed by atoms with Gasteiger partial charge in [-0.15, -0.1) is 0 Å². The van der Waals surface area contributed by atoms with E-state index in [2.05, 4.69) is 32.9 Å². The van der Waals surface area contributed by atoms with Gasteiger partial charge in [0.15, 0.2) is 0 Å². The first-order valence-corrected chi connectivity index (χ1v) is 6.49. The van der Waals surface area contributed by atoms with Gasteiger partial charge in [0.1, 0.15) is 5.75 Å². The first kappa shape index (κ1) is 15.0. The lowest BCUT2D eigenvalue weighted by Crippen LogP contribution is -2.34. The second-order valence-electron chi connectivity index (χ2n) is 5.38. The van der Waals surface area contributed by atoms with Crippen molar-refractivity contribution in [2.75, 3.05) is 13.2 Å². The molecule has 102 valence electrons. The van der Waals surface area contributed by atoms with Crippen LogP contribution in [0, 0.1) is 20.8 Å². The molecule has 3 nitrogen and oxygen atoms in total. The zero-order chi connectivity index (χ0) is 13.8. The Bertz CT molecular complexity index is 376. The fourth-order valence-electron chi connectivity index (χ4n) is 2.12. The van der Waals surface area contributed by atoms with E-state index < -0.39 is 5.60 Å². The minimum atomic E-state index is -0.777. The number of nitrogens with two attached hydrogens (primary N) is 1. The van der Waals surface area contributed by atoms with Crippen LogP contribution in [0.3, 0.4) is 0 Å². The number of aryl methyl sites for hydroxylation is 3. The van der Waals surface area contributed by atoms with Crippen molar-refractivity contribution < 1.29 is 9.84 Å². The topological polar surface area (TPSA) is 55.5 Å². The Kier molecular flexibility index (Phi) is 5.17. The van der Waals surface area contributed by atoms with Crippen LogP contribution in [0.4, 0.5) is 0 Å². The molecular weight excluding hydrogens is 226 g/mol. The molecular formula is C15H25NO2. The zero-order valence-electron chi connectivity index (χ0n) is 11.9. The van der Waals surface area contributed by atoms with Gasteiger partial charge in [0.2, 0.25) is 0 Å². The first-order valence-electron chi connectivity index (χ1n) is 6.49. The summed E-state index contributed by atoms with van der Waals surface area (Å²) in [7, 11) is 0. The Morgan fingerprint density at radius 1 is 1.22 bits per heavy atom. The van der Waals surface area contributed by atoms with E-state index in [1.807, 2.05) is 0 Å². The molecule has 3 heteroatoms. The molecule has 0 fully saturated rings. The Morgan fingerprint density at radius 2 is 1.78 bits per heavy atom. The fraction of sp³-hybridized carbons (Fsp3) is 0.600. The van der Waals surface area contributed by atoms with Crippen LogP contribution in [-0.4, -0.2) is 23.9 Å². The van der Waals surface area contributed by atoms with Gasteiger partial charge in [-0.2, -0.15) is 0 Å². The highest BCUT2D eigenvalue weighted by atomic mass is 16.5. The molecule has 1 aromatic carbocycles. The summed E-state index contributed by atoms with van der Waals surface area (Å²) >= 11 is 0. The zero-order valence-corrected chi connectivity index (χ0v) is 11.9. The van der Waals surface area contributed by atoms with Crippen LogP contribution in [0.25, 0.3) is 0 Å². The Balaban J connectivity index is 2.50. The number of rotatable bonds is 6. The minimum Gasteiger partial charge on any atom is -0.493 e. The molecule has 1 aromatic rings. The van der Waals surface area contributed by atoms with Gasteiger partial charge >= 0.3 is 0 Å². The largest absolute Gasteiger partial charge is 0.493 e. The van der Waals surface area contributed by atoms with E-state index in [1.165, 1.54) is 5.56 Å². The second-order valence-corrected chi connectivity index (χ2v) is 5.38. The summed E-state index contributed by atoms with van der Waals surface area (Å²) in [5.74, 6) is 0.966. The third-order valence-electron chi connectivity index (χ3n) is 3.15. The predicted octanol–water partition coefficient (Wildman–Crippen LogP) is 2.48. The molecule has 0 aliphatic rings. The molecule has 1 rings (SSSR count). The van der Waals surface area contributed by atoms with E-state index in [0.29, 0.717) is 13.0 Å². The molecule has 0 saturated carbocycles. The maximum Gasteiger partial charge on any atom is 0.125 e. The van der Waals surface area contributed by atoms with Gasteiger partial charge in [0.05, 0.1) is 12.2 Å². The van der Waals surface area contributed by atoms with Crippen LogP contribution in [0.15, 0.2) is 12.1 Å². The van der Waals surface area contributed by atoms with Gasteiger partial charge in [0, 0.05) is 6.54 Å². The highest BCUT2D eigenvalue weighted by molar-refractivity contribution is 5.42. The van der Waals surface area contributed by atoms with Gasteiger partial charge in [-0.05, 0) is 51.7 Å². The SMILES string of the molecule is Cc1cc(C)c(OCCCC(C)(O)CN)c(C)c1. The summed E-state index contributed by atoms with van der Waals surface area (Å²) in [6, 6.07) is 4.25. The lowest BCUT2D eigenvalue weighted by atomic mass is 10.0. The van der Waals surface area contributed by atoms with Crippen molar-refractivity contribution >= 4 is 0 Å². The van der Waals surface area contributed by atoms with E-state index >= 15 is 0 Å². The minimum absolute atomic E-state index is 0.287. The summed E-state index contributed by atoms with van der Waals surface area (Å²) in [6.07, 6.45) is 1.46. The van der Waals surface area contributed by atoms with Crippen molar-refractivity contribution in [3.05, 3.63) is 28.8 Å². The molecule has 3 N–H and O–H groups in total. The van der Waals surface area contributed by atoms with Crippen LogP contribution < -0.4 is 10.5 Å². The molecule has 1 atom stereocenters. The highest BCUT2D eigenvalue weighted by Crippen LogP contribution is 2.25. The van der Waals surface area contributed by atoms with Crippen molar-refractivity contribution in [2.45, 2.75) is 46.1 Å². The molecule has 0 aliphatic heterocycles. The average Bonchev–Trinajstić information content (AvgIpc) is 2.26. The smallest absolute Gasteiger partial charge is 0.125 e. The van der Waals surface area contributed by atoms with Crippen molar-refractivity contribution in [1.29, 1.82) is 0 Å². The number of hydrogen-bond acceptors (Lipinski definition) is 3. The van der Waals surface area contributed by atoms with Crippen molar-refractivity contribution in [3.8, 4) is 5.75 Å². The quantitative estimate of drug-likeness (QED) is 0.764. The van der Waals surface area contributed by atoms with Crippen molar-refractivity contribution in [2.24, 2.45) is 5.73 Å². The standard InChI is InChI=1S/C15H25NO2/c1-11-8-12(2)14(13(3)9-11)18-7-5-6-15(4,17)10-16/h8-9,17H,5-7,10,16H2,1-4H3. The molecule has 0 bridgehead atoms. The average molecular weight is 251 g/mol. The molecule has 0 spiro atoms. The maximum absolute atomic E-state index is 9.79. The van der Waals surface area contributed by atoms with Crippen LogP contribution in [0.5, 0.6) is 5.75 Å². The van der Waals surface area contributed by atoms with Crippen LogP contribution in [0.2, 0.25) is 0 Å². The van der Waals surface area contributed by atoms with E-state index in [0.717, 1.165) is 23.3 Å². The Hall–Kier alpha value is -1.06. The van der Waals surface area contributed by atoms with E-state index in [-0.39, 0.29) is 6.54 Å². The van der Waals surface area contributed by atoms with Crippen LogP contribution in [0.1, 0.15) is 36.5 Å². The summed E-state index contributed by atoms with van der Waals surface area (Å²) in [4.78, 5) is 0. The molecule has 0 saturated heterocycles. The number of hydrogen-bond donors (Lipinski definition) is 2. The summed E-state index contributed by atoms with van der Waals surface area (Å²) in [5.41, 5.74) is 8.28. The van der Waals surface area contributed by atoms with E-state index in [4.69, 9.17) is 10.5 Å². The lowest BCUT2D eigenvalue weighted by molar-refractivity contribution is 0.0535. The van der Waals surface area contributed by atoms with Gasteiger partial charge in [-0.1, -0.05) is 17.7 Å². The number of aliphatic hydroxyl groups is 1. The molecule has 0 aliphatic carbocycles. The molecule has 0 aromatic heterocycles. The molecule has 0 amide bonds. The highest BCUT2D eigenvalue weighted by Gasteiger charge is 2.17. The third kappa shape index (κ3) is 4.31. The summed E-state index contributed by atoms with van der Waals surface area (Å²) in [5, 5.41) is 9.79. The van der Waals surface area contributed by atoms with Gasteiger partial charge < -0.3 is 15.6 Å². The van der Waals surface area contributed by atoms with E-state index in [1.54, 1.807) is 6.92 Å². The lowest BCUT2D eigenvalue weighted by Gasteiger charge is -2.21. The third-order valence-corrected chi connectivity index (χ3v) is 3.15. The van der Waals surface area contributed by atoms with Gasteiger partial charge in [0.25, 0.3) is 0 Å². The molecule has 1 unspecified atom stereocenters. The molecule has 18 heavy (non-hydrogen) atoms. The van der Waals surface area contributed by atoms with Crippen molar-refractivity contribution in [1.82, 2.24) is 0 Å². The Morgan fingerprint density at radius 3 is 2.28 bits per heavy atom. The number of ether oxygens (including phenoxy) is 1.